The Morgan fingerprint density at radius 3 is 2.03 bits per heavy atom. The highest BCUT2D eigenvalue weighted by molar-refractivity contribution is 5.76. The Balaban J connectivity index is 1.14. The molecule has 0 atom stereocenters. The lowest BCUT2D eigenvalue weighted by molar-refractivity contribution is -0.401. The van der Waals surface area contributed by atoms with E-state index in [9.17, 15) is 15.0 Å². The van der Waals surface area contributed by atoms with Gasteiger partial charge >= 0.3 is 0 Å². The van der Waals surface area contributed by atoms with Gasteiger partial charge in [-0.25, -0.2) is 0 Å². The van der Waals surface area contributed by atoms with Crippen LogP contribution in [0.15, 0.2) is 0 Å². The summed E-state index contributed by atoms with van der Waals surface area (Å²) in [5.41, 5.74) is 5.94. The van der Waals surface area contributed by atoms with Crippen molar-refractivity contribution in [3.05, 3.63) is 0 Å². The molecule has 0 aromatic heterocycles. The van der Waals surface area contributed by atoms with Crippen LogP contribution in [0, 0.1) is 29.6 Å². The van der Waals surface area contributed by atoms with Crippen LogP contribution in [-0.4, -0.2) is 51.7 Å². The normalized spacial score (nSPS) is 47.6. The molecule has 1 heterocycles. The number of nitrogens with two attached hydrogens (primary N) is 1. The second kappa shape index (κ2) is 7.47. The van der Waals surface area contributed by atoms with Gasteiger partial charge in [0.2, 0.25) is 5.91 Å². The van der Waals surface area contributed by atoms with E-state index in [1.54, 1.807) is 0 Å². The molecule has 6 fully saturated rings. The second-order valence-electron chi connectivity index (χ2n) is 11.0. The van der Waals surface area contributed by atoms with E-state index in [1.165, 1.54) is 6.42 Å². The third-order valence-corrected chi connectivity index (χ3v) is 8.90. The van der Waals surface area contributed by atoms with Gasteiger partial charge in [-0.05, 0) is 75.5 Å². The molecular formula is C23H38N2O4. The van der Waals surface area contributed by atoms with E-state index in [0.717, 1.165) is 76.3 Å². The number of hydrogen-bond donors (Lipinski definition) is 3. The Bertz CT molecular complexity index is 594. The number of ether oxygens (including phenoxy) is 1. The number of amides is 1. The van der Waals surface area contributed by atoms with Crippen LogP contribution in [0.1, 0.15) is 77.0 Å². The van der Waals surface area contributed by atoms with Crippen LogP contribution in [0.25, 0.3) is 0 Å². The molecule has 0 radical (unpaired) electrons. The highest BCUT2D eigenvalue weighted by Gasteiger charge is 2.60. The standard InChI is InChI=1S/C23H38N2O4/c24-20-3-7-25(8-4-20)21(26)14-15-1-5-22(27,6-2-15)29-23(28)18-10-16-9-17(12-18)13-19(23)11-16/h15-20,27-28H,1-14,24H2. The maximum Gasteiger partial charge on any atom is 0.222 e. The first-order valence-corrected chi connectivity index (χ1v) is 12.0. The van der Waals surface area contributed by atoms with Gasteiger partial charge in [0.1, 0.15) is 0 Å². The van der Waals surface area contributed by atoms with Gasteiger partial charge in [0.15, 0.2) is 11.6 Å². The van der Waals surface area contributed by atoms with Crippen LogP contribution in [0.3, 0.4) is 0 Å². The zero-order chi connectivity index (χ0) is 20.2. The van der Waals surface area contributed by atoms with E-state index >= 15 is 0 Å². The fourth-order valence-electron chi connectivity index (χ4n) is 7.29. The molecule has 4 N–H and O–H groups in total. The summed E-state index contributed by atoms with van der Waals surface area (Å²) in [5, 5.41) is 22.6. The van der Waals surface area contributed by atoms with Crippen molar-refractivity contribution >= 4 is 5.91 Å². The number of piperidine rings is 1. The predicted molar refractivity (Wildman–Crippen MR) is 108 cm³/mol. The topological polar surface area (TPSA) is 96.0 Å². The summed E-state index contributed by atoms with van der Waals surface area (Å²) < 4.78 is 6.23. The molecule has 1 saturated heterocycles. The zero-order valence-corrected chi connectivity index (χ0v) is 17.6. The monoisotopic (exact) mass is 406 g/mol. The number of nitrogens with zero attached hydrogens (tertiary/aromatic N) is 1. The zero-order valence-electron chi connectivity index (χ0n) is 17.6. The summed E-state index contributed by atoms with van der Waals surface area (Å²) in [4.78, 5) is 14.6. The summed E-state index contributed by atoms with van der Waals surface area (Å²) >= 11 is 0. The number of aliphatic hydroxyl groups is 2. The van der Waals surface area contributed by atoms with Crippen molar-refractivity contribution in [1.29, 1.82) is 0 Å². The molecule has 1 amide bonds. The molecule has 29 heavy (non-hydrogen) atoms. The molecule has 6 rings (SSSR count). The summed E-state index contributed by atoms with van der Waals surface area (Å²) in [6.07, 6.45) is 10.5. The summed E-state index contributed by atoms with van der Waals surface area (Å²) in [7, 11) is 0. The molecule has 0 spiro atoms. The molecule has 0 aromatic rings. The molecule has 6 heteroatoms. The van der Waals surface area contributed by atoms with Crippen molar-refractivity contribution in [3.63, 3.8) is 0 Å². The Morgan fingerprint density at radius 2 is 1.48 bits per heavy atom. The van der Waals surface area contributed by atoms with Crippen LogP contribution in [0.2, 0.25) is 0 Å². The largest absolute Gasteiger partial charge is 0.365 e. The van der Waals surface area contributed by atoms with E-state index < -0.39 is 11.6 Å². The van der Waals surface area contributed by atoms with Gasteiger partial charge in [-0.2, -0.15) is 0 Å². The molecular weight excluding hydrogens is 368 g/mol. The van der Waals surface area contributed by atoms with Crippen molar-refractivity contribution in [1.82, 2.24) is 4.90 Å². The van der Waals surface area contributed by atoms with Gasteiger partial charge in [0, 0.05) is 50.2 Å². The van der Waals surface area contributed by atoms with Gasteiger partial charge in [0.25, 0.3) is 0 Å². The number of rotatable bonds is 4. The first kappa shape index (κ1) is 20.2. The van der Waals surface area contributed by atoms with Crippen molar-refractivity contribution in [2.24, 2.45) is 35.3 Å². The number of hydrogen-bond acceptors (Lipinski definition) is 5. The molecule has 0 unspecified atom stereocenters. The van der Waals surface area contributed by atoms with Crippen LogP contribution >= 0.6 is 0 Å². The van der Waals surface area contributed by atoms with Crippen LogP contribution in [-0.2, 0) is 9.53 Å². The Labute approximate surface area is 174 Å². The van der Waals surface area contributed by atoms with Gasteiger partial charge in [-0.1, -0.05) is 0 Å². The fourth-order valence-corrected chi connectivity index (χ4v) is 7.29. The quantitative estimate of drug-likeness (QED) is 0.623. The minimum absolute atomic E-state index is 0.188. The van der Waals surface area contributed by atoms with Crippen molar-refractivity contribution in [2.45, 2.75) is 94.7 Å². The maximum atomic E-state index is 12.6. The van der Waals surface area contributed by atoms with Crippen LogP contribution in [0.4, 0.5) is 0 Å². The Morgan fingerprint density at radius 1 is 0.931 bits per heavy atom. The van der Waals surface area contributed by atoms with Crippen molar-refractivity contribution in [2.75, 3.05) is 13.1 Å². The molecule has 6 nitrogen and oxygen atoms in total. The first-order chi connectivity index (χ1) is 13.8. The average molecular weight is 407 g/mol. The SMILES string of the molecule is NC1CCN(C(=O)CC2CCC(O)(OC3(O)C4CC5CC(C4)CC3C5)CC2)CC1. The van der Waals surface area contributed by atoms with E-state index in [1.807, 2.05) is 4.90 Å². The minimum atomic E-state index is -1.23. The molecule has 6 aliphatic rings. The predicted octanol–water partition coefficient (Wildman–Crippen LogP) is 2.37. The fraction of sp³-hybridized carbons (Fsp3) is 0.957. The molecule has 1 aliphatic heterocycles. The summed E-state index contributed by atoms with van der Waals surface area (Å²) in [6, 6.07) is 0.233. The average Bonchev–Trinajstić information content (AvgIpc) is 2.68. The third-order valence-electron chi connectivity index (χ3n) is 8.90. The highest BCUT2D eigenvalue weighted by Crippen LogP contribution is 2.59. The number of likely N-dealkylation sites (tertiary alicyclic amines) is 1. The Hall–Kier alpha value is -0.690. The molecule has 164 valence electrons. The smallest absolute Gasteiger partial charge is 0.222 e. The molecule has 5 aliphatic carbocycles. The lowest BCUT2D eigenvalue weighted by Crippen LogP contribution is -2.62. The van der Waals surface area contributed by atoms with E-state index in [4.69, 9.17) is 10.5 Å². The van der Waals surface area contributed by atoms with Gasteiger partial charge in [-0.15, -0.1) is 0 Å². The van der Waals surface area contributed by atoms with Crippen LogP contribution < -0.4 is 5.73 Å². The number of carbonyl (C=O) groups is 1. The number of carbonyl (C=O) groups excluding carboxylic acids is 1. The van der Waals surface area contributed by atoms with Gasteiger partial charge in [0.05, 0.1) is 0 Å². The highest BCUT2D eigenvalue weighted by atomic mass is 16.7. The lowest BCUT2D eigenvalue weighted by atomic mass is 9.53. The lowest BCUT2D eigenvalue weighted by Gasteiger charge is -2.59. The van der Waals surface area contributed by atoms with Crippen molar-refractivity contribution in [3.8, 4) is 0 Å². The Kier molecular flexibility index (Phi) is 5.21. The second-order valence-corrected chi connectivity index (χ2v) is 11.0. The van der Waals surface area contributed by atoms with Crippen LogP contribution in [0.5, 0.6) is 0 Å². The molecule has 5 saturated carbocycles. The van der Waals surface area contributed by atoms with E-state index in [-0.39, 0.29) is 23.8 Å². The van der Waals surface area contributed by atoms with Gasteiger partial charge in [-0.3, -0.25) is 4.79 Å². The first-order valence-electron chi connectivity index (χ1n) is 12.0. The van der Waals surface area contributed by atoms with E-state index in [0.29, 0.717) is 25.2 Å². The third kappa shape index (κ3) is 3.86. The molecule has 0 aromatic carbocycles. The summed E-state index contributed by atoms with van der Waals surface area (Å²) in [6.45, 7) is 1.55. The maximum absolute atomic E-state index is 12.6. The van der Waals surface area contributed by atoms with Gasteiger partial charge < -0.3 is 25.6 Å². The summed E-state index contributed by atoms with van der Waals surface area (Å²) in [5.74, 6) is 0.0335. The molecule has 4 bridgehead atoms. The van der Waals surface area contributed by atoms with Crippen molar-refractivity contribution < 1.29 is 19.7 Å². The minimum Gasteiger partial charge on any atom is -0.365 e. The van der Waals surface area contributed by atoms with E-state index in [2.05, 4.69) is 0 Å².